The first-order chi connectivity index (χ1) is 5.88. The lowest BCUT2D eigenvalue weighted by Crippen LogP contribution is -2.24. The van der Waals surface area contributed by atoms with E-state index in [2.05, 4.69) is 15.6 Å². The number of amides is 1. The molecule has 0 radical (unpaired) electrons. The van der Waals surface area contributed by atoms with Crippen molar-refractivity contribution < 1.29 is 4.79 Å². The van der Waals surface area contributed by atoms with Gasteiger partial charge in [-0.15, -0.1) is 0 Å². The Morgan fingerprint density at radius 2 is 2.17 bits per heavy atom. The summed E-state index contributed by atoms with van der Waals surface area (Å²) >= 11 is 0. The maximum atomic E-state index is 11.3. The van der Waals surface area contributed by atoms with Crippen LogP contribution in [0.4, 0.5) is 5.69 Å². The maximum absolute atomic E-state index is 11.3. The van der Waals surface area contributed by atoms with Crippen molar-refractivity contribution in [2.45, 2.75) is 0 Å². The largest absolute Gasteiger partial charge is 0.381 e. The van der Waals surface area contributed by atoms with Crippen molar-refractivity contribution in [1.29, 1.82) is 0 Å². The normalized spacial score (nSPS) is 15.5. The van der Waals surface area contributed by atoms with Gasteiger partial charge in [0.2, 0.25) is 0 Å². The Balaban J connectivity index is 2.46. The number of hydrogen-bond acceptors (Lipinski definition) is 3. The van der Waals surface area contributed by atoms with Gasteiger partial charge in [0.25, 0.3) is 5.91 Å². The predicted molar refractivity (Wildman–Crippen MR) is 45.1 cm³/mol. The fourth-order valence-electron chi connectivity index (χ4n) is 1.20. The third-order valence-corrected chi connectivity index (χ3v) is 1.79. The minimum Gasteiger partial charge on any atom is -0.381 e. The lowest BCUT2D eigenvalue weighted by atomic mass is 10.2. The number of nitrogens with one attached hydrogen (secondary N) is 2. The van der Waals surface area contributed by atoms with Gasteiger partial charge in [-0.25, -0.2) is 0 Å². The van der Waals surface area contributed by atoms with Gasteiger partial charge in [-0.05, 0) is 6.07 Å². The number of rotatable bonds is 0. The van der Waals surface area contributed by atoms with E-state index in [0.29, 0.717) is 12.1 Å². The highest BCUT2D eigenvalue weighted by Crippen LogP contribution is 2.13. The highest BCUT2D eigenvalue weighted by Gasteiger charge is 2.13. The second-order valence-corrected chi connectivity index (χ2v) is 2.60. The van der Waals surface area contributed by atoms with Crippen molar-refractivity contribution in [3.63, 3.8) is 0 Å². The Hall–Kier alpha value is -1.58. The van der Waals surface area contributed by atoms with Crippen LogP contribution in [0.5, 0.6) is 0 Å². The highest BCUT2D eigenvalue weighted by molar-refractivity contribution is 5.99. The minimum absolute atomic E-state index is 0.0302. The van der Waals surface area contributed by atoms with E-state index in [0.717, 1.165) is 12.2 Å². The summed E-state index contributed by atoms with van der Waals surface area (Å²) in [6.45, 7) is 1.41. The number of carbonyl (C=O) groups is 1. The highest BCUT2D eigenvalue weighted by atomic mass is 16.1. The van der Waals surface area contributed by atoms with Crippen LogP contribution in [0.15, 0.2) is 18.5 Å². The molecule has 0 fully saturated rings. The molecule has 1 amide bonds. The van der Waals surface area contributed by atoms with Crippen LogP contribution in [0.25, 0.3) is 0 Å². The van der Waals surface area contributed by atoms with Gasteiger partial charge in [-0.2, -0.15) is 0 Å². The van der Waals surface area contributed by atoms with E-state index in [4.69, 9.17) is 0 Å². The summed E-state index contributed by atoms with van der Waals surface area (Å²) in [4.78, 5) is 15.3. The van der Waals surface area contributed by atoms with Crippen molar-refractivity contribution in [1.82, 2.24) is 10.3 Å². The number of anilines is 1. The molecule has 0 bridgehead atoms. The Bertz CT molecular complexity index is 311. The Morgan fingerprint density at radius 3 is 3.08 bits per heavy atom. The van der Waals surface area contributed by atoms with E-state index >= 15 is 0 Å². The first-order valence-electron chi connectivity index (χ1n) is 3.84. The summed E-state index contributed by atoms with van der Waals surface area (Å²) in [7, 11) is 0. The molecule has 0 aliphatic carbocycles. The number of aromatic nitrogens is 1. The van der Waals surface area contributed by atoms with E-state index in [-0.39, 0.29) is 5.91 Å². The monoisotopic (exact) mass is 163 g/mol. The van der Waals surface area contributed by atoms with Crippen LogP contribution in [0.1, 0.15) is 10.4 Å². The molecule has 0 saturated carbocycles. The molecule has 2 N–H and O–H groups in total. The van der Waals surface area contributed by atoms with Gasteiger partial charge in [0.1, 0.15) is 0 Å². The first kappa shape index (κ1) is 7.09. The molecule has 12 heavy (non-hydrogen) atoms. The molecule has 4 heteroatoms. The van der Waals surface area contributed by atoms with E-state index in [1.54, 1.807) is 18.5 Å². The SMILES string of the molecule is O=C1NCCNc2cnccc21. The molecule has 1 aromatic rings. The Labute approximate surface area is 70.0 Å². The van der Waals surface area contributed by atoms with E-state index in [1.807, 2.05) is 0 Å². The van der Waals surface area contributed by atoms with Crippen LogP contribution >= 0.6 is 0 Å². The Morgan fingerprint density at radius 1 is 1.33 bits per heavy atom. The number of fused-ring (bicyclic) bond motifs is 1. The van der Waals surface area contributed by atoms with Gasteiger partial charge in [0, 0.05) is 19.3 Å². The molecule has 4 nitrogen and oxygen atoms in total. The zero-order valence-corrected chi connectivity index (χ0v) is 6.50. The molecule has 1 aliphatic heterocycles. The topological polar surface area (TPSA) is 54.0 Å². The molecule has 0 spiro atoms. The predicted octanol–water partition coefficient (Wildman–Crippen LogP) is 0.237. The fourth-order valence-corrected chi connectivity index (χ4v) is 1.20. The molecular formula is C8H9N3O. The van der Waals surface area contributed by atoms with E-state index in [9.17, 15) is 4.79 Å². The van der Waals surface area contributed by atoms with Crippen LogP contribution in [-0.4, -0.2) is 24.0 Å². The van der Waals surface area contributed by atoms with Gasteiger partial charge in [-0.1, -0.05) is 0 Å². The summed E-state index contributed by atoms with van der Waals surface area (Å²) < 4.78 is 0. The molecule has 0 saturated heterocycles. The van der Waals surface area contributed by atoms with Crippen LogP contribution in [0.3, 0.4) is 0 Å². The smallest absolute Gasteiger partial charge is 0.253 e. The van der Waals surface area contributed by atoms with E-state index < -0.39 is 0 Å². The standard InChI is InChI=1S/C8H9N3O/c12-8-6-1-2-9-5-7(6)10-3-4-11-8/h1-2,5,10H,3-4H2,(H,11,12). The van der Waals surface area contributed by atoms with Crippen LogP contribution in [0.2, 0.25) is 0 Å². The van der Waals surface area contributed by atoms with Crippen molar-refractivity contribution in [2.24, 2.45) is 0 Å². The molecule has 0 atom stereocenters. The van der Waals surface area contributed by atoms with Gasteiger partial charge in [-0.3, -0.25) is 9.78 Å². The second kappa shape index (κ2) is 2.81. The van der Waals surface area contributed by atoms with Crippen molar-refractivity contribution in [3.05, 3.63) is 24.0 Å². The zero-order chi connectivity index (χ0) is 8.39. The van der Waals surface area contributed by atoms with Crippen molar-refractivity contribution in [2.75, 3.05) is 18.4 Å². The first-order valence-corrected chi connectivity index (χ1v) is 3.84. The van der Waals surface area contributed by atoms with Gasteiger partial charge < -0.3 is 10.6 Å². The molecule has 0 unspecified atom stereocenters. The number of hydrogen-bond donors (Lipinski definition) is 2. The molecular weight excluding hydrogens is 154 g/mol. The van der Waals surface area contributed by atoms with Crippen LogP contribution in [0, 0.1) is 0 Å². The van der Waals surface area contributed by atoms with Crippen LogP contribution in [-0.2, 0) is 0 Å². The summed E-state index contributed by atoms with van der Waals surface area (Å²) in [5, 5.41) is 5.88. The summed E-state index contributed by atoms with van der Waals surface area (Å²) in [5.74, 6) is -0.0302. The van der Waals surface area contributed by atoms with E-state index in [1.165, 1.54) is 0 Å². The number of pyridine rings is 1. The Kier molecular flexibility index (Phi) is 1.66. The lowest BCUT2D eigenvalue weighted by molar-refractivity contribution is 0.0958. The molecule has 1 aromatic heterocycles. The quantitative estimate of drug-likeness (QED) is 0.576. The summed E-state index contributed by atoms with van der Waals surface area (Å²) in [6, 6.07) is 1.71. The number of carbonyl (C=O) groups excluding carboxylic acids is 1. The summed E-state index contributed by atoms with van der Waals surface area (Å²) in [5.41, 5.74) is 1.48. The van der Waals surface area contributed by atoms with Crippen LogP contribution < -0.4 is 10.6 Å². The van der Waals surface area contributed by atoms with Crippen molar-refractivity contribution in [3.8, 4) is 0 Å². The fraction of sp³-hybridized carbons (Fsp3) is 0.250. The maximum Gasteiger partial charge on any atom is 0.253 e. The molecule has 2 rings (SSSR count). The second-order valence-electron chi connectivity index (χ2n) is 2.60. The molecule has 62 valence electrons. The lowest BCUT2D eigenvalue weighted by Gasteiger charge is -2.02. The van der Waals surface area contributed by atoms with Gasteiger partial charge in [0.05, 0.1) is 17.4 Å². The third kappa shape index (κ3) is 1.11. The van der Waals surface area contributed by atoms with Crippen molar-refractivity contribution >= 4 is 11.6 Å². The minimum atomic E-state index is -0.0302. The average molecular weight is 163 g/mol. The van der Waals surface area contributed by atoms with Gasteiger partial charge >= 0.3 is 0 Å². The molecule has 0 aromatic carbocycles. The molecule has 2 heterocycles. The third-order valence-electron chi connectivity index (χ3n) is 1.79. The van der Waals surface area contributed by atoms with Gasteiger partial charge in [0.15, 0.2) is 0 Å². The summed E-state index contributed by atoms with van der Waals surface area (Å²) in [6.07, 6.45) is 3.28. The zero-order valence-electron chi connectivity index (χ0n) is 6.50. The molecule has 1 aliphatic rings. The number of nitrogens with zero attached hydrogens (tertiary/aromatic N) is 1. The average Bonchev–Trinajstić information content (AvgIpc) is 2.29.